The molecule has 0 aromatic carbocycles. The summed E-state index contributed by atoms with van der Waals surface area (Å²) in [5.41, 5.74) is 0. The van der Waals surface area contributed by atoms with Gasteiger partial charge in [-0.25, -0.2) is 8.42 Å². The van der Waals surface area contributed by atoms with E-state index in [-0.39, 0.29) is 29.7 Å². The van der Waals surface area contributed by atoms with Crippen LogP contribution in [0.15, 0.2) is 23.4 Å². The lowest BCUT2D eigenvalue weighted by molar-refractivity contribution is -0.128. The Balaban J connectivity index is 1.92. The van der Waals surface area contributed by atoms with Gasteiger partial charge in [0, 0.05) is 31.1 Å². The first-order chi connectivity index (χ1) is 11.5. The van der Waals surface area contributed by atoms with Crippen LogP contribution in [-0.2, 0) is 19.6 Å². The summed E-state index contributed by atoms with van der Waals surface area (Å²) in [6.07, 6.45) is 5.84. The highest BCUT2D eigenvalue weighted by Gasteiger charge is 2.41. The van der Waals surface area contributed by atoms with Crippen molar-refractivity contribution in [1.29, 1.82) is 0 Å². The fraction of sp³-hybridized carbons (Fsp3) is 0.625. The second kappa shape index (κ2) is 7.16. The van der Waals surface area contributed by atoms with Gasteiger partial charge in [-0.1, -0.05) is 6.42 Å². The van der Waals surface area contributed by atoms with Crippen LogP contribution in [0.2, 0.25) is 0 Å². The topological polar surface area (TPSA) is 85.8 Å². The number of hydrogen-bond acceptors (Lipinski definition) is 6. The monoisotopic (exact) mass is 354 g/mol. The third-order valence-electron chi connectivity index (χ3n) is 4.71. The molecule has 0 bridgehead atoms. The number of ether oxygens (including phenoxy) is 2. The van der Waals surface area contributed by atoms with Crippen molar-refractivity contribution in [1.82, 2.24) is 9.29 Å². The standard InChI is InChI=1S/C16H22N2O5S/c1-22-12-8-13(10-17-9-12)24(20,21)18-6-7-23-11-15(18)14-4-2-3-5-16(14)19/h8-10,14-15H,2-7,11H2,1H3. The van der Waals surface area contributed by atoms with Crippen molar-refractivity contribution >= 4 is 15.8 Å². The van der Waals surface area contributed by atoms with Crippen LogP contribution in [0, 0.1) is 5.92 Å². The van der Waals surface area contributed by atoms with Gasteiger partial charge in [0.25, 0.3) is 0 Å². The van der Waals surface area contributed by atoms with Gasteiger partial charge in [0.15, 0.2) is 0 Å². The van der Waals surface area contributed by atoms with Crippen LogP contribution in [0.5, 0.6) is 5.75 Å². The minimum atomic E-state index is -3.76. The number of Topliss-reactive ketones (excluding diaryl/α,β-unsaturated/α-hetero) is 1. The summed E-state index contributed by atoms with van der Waals surface area (Å²) >= 11 is 0. The Bertz CT molecular complexity index is 706. The van der Waals surface area contributed by atoms with E-state index in [1.807, 2.05) is 0 Å². The number of ketones is 1. The molecule has 2 fully saturated rings. The predicted molar refractivity (Wildman–Crippen MR) is 86.3 cm³/mol. The third kappa shape index (κ3) is 3.31. The average Bonchev–Trinajstić information content (AvgIpc) is 2.62. The van der Waals surface area contributed by atoms with E-state index < -0.39 is 16.1 Å². The lowest BCUT2D eigenvalue weighted by Crippen LogP contribution is -2.54. The van der Waals surface area contributed by atoms with Crippen molar-refractivity contribution < 1.29 is 22.7 Å². The third-order valence-corrected chi connectivity index (χ3v) is 6.60. The second-order valence-electron chi connectivity index (χ2n) is 6.14. The Morgan fingerprint density at radius 3 is 2.92 bits per heavy atom. The van der Waals surface area contributed by atoms with Crippen LogP contribution >= 0.6 is 0 Å². The highest BCUT2D eigenvalue weighted by Crippen LogP contribution is 2.31. The lowest BCUT2D eigenvalue weighted by atomic mass is 9.82. The number of pyridine rings is 1. The number of methoxy groups -OCH3 is 1. The SMILES string of the molecule is COc1cncc(S(=O)(=O)N2CCOCC2C2CCCCC2=O)c1. The maximum atomic E-state index is 13.1. The van der Waals surface area contributed by atoms with Gasteiger partial charge in [-0.2, -0.15) is 4.31 Å². The summed E-state index contributed by atoms with van der Waals surface area (Å²) in [5, 5.41) is 0. The molecule has 1 aromatic heterocycles. The Morgan fingerprint density at radius 2 is 2.17 bits per heavy atom. The minimum Gasteiger partial charge on any atom is -0.495 e. The maximum Gasteiger partial charge on any atom is 0.245 e. The van der Waals surface area contributed by atoms with Gasteiger partial charge < -0.3 is 9.47 Å². The molecule has 24 heavy (non-hydrogen) atoms. The molecular formula is C16H22N2O5S. The smallest absolute Gasteiger partial charge is 0.245 e. The van der Waals surface area contributed by atoms with Crippen molar-refractivity contribution in [2.45, 2.75) is 36.6 Å². The molecule has 2 heterocycles. The van der Waals surface area contributed by atoms with Gasteiger partial charge in [-0.15, -0.1) is 0 Å². The molecule has 0 radical (unpaired) electrons. The molecule has 132 valence electrons. The zero-order valence-electron chi connectivity index (χ0n) is 13.7. The van der Waals surface area contributed by atoms with Gasteiger partial charge in [-0.3, -0.25) is 9.78 Å². The minimum absolute atomic E-state index is 0.0806. The first kappa shape index (κ1) is 17.3. The maximum absolute atomic E-state index is 13.1. The Kier molecular flexibility index (Phi) is 5.17. The molecule has 0 N–H and O–H groups in total. The van der Waals surface area contributed by atoms with Crippen LogP contribution < -0.4 is 4.74 Å². The molecule has 7 nitrogen and oxygen atoms in total. The number of carbonyl (C=O) groups excluding carboxylic acids is 1. The molecule has 3 rings (SSSR count). The average molecular weight is 354 g/mol. The molecule has 0 spiro atoms. The molecule has 2 unspecified atom stereocenters. The summed E-state index contributed by atoms with van der Waals surface area (Å²) < 4.78 is 38.1. The van der Waals surface area contributed by atoms with E-state index in [4.69, 9.17) is 9.47 Å². The number of sulfonamides is 1. The summed E-state index contributed by atoms with van der Waals surface area (Å²) in [6, 6.07) is 1.01. The molecule has 2 atom stereocenters. The Labute approximate surface area is 142 Å². The van der Waals surface area contributed by atoms with E-state index >= 15 is 0 Å². The zero-order valence-corrected chi connectivity index (χ0v) is 14.5. The normalized spacial score (nSPS) is 26.3. The fourth-order valence-corrected chi connectivity index (χ4v) is 5.04. The number of morpholine rings is 1. The molecule has 8 heteroatoms. The summed E-state index contributed by atoms with van der Waals surface area (Å²) in [5.74, 6) is 0.239. The lowest BCUT2D eigenvalue weighted by Gasteiger charge is -2.39. The van der Waals surface area contributed by atoms with Crippen LogP contribution in [0.25, 0.3) is 0 Å². The number of hydrogen-bond donors (Lipinski definition) is 0. The molecule has 1 saturated heterocycles. The Hall–Kier alpha value is -1.51. The van der Waals surface area contributed by atoms with Crippen LogP contribution in [0.1, 0.15) is 25.7 Å². The van der Waals surface area contributed by atoms with Gasteiger partial charge in [0.2, 0.25) is 10.0 Å². The summed E-state index contributed by atoms with van der Waals surface area (Å²) in [6.45, 7) is 0.828. The van der Waals surface area contributed by atoms with Crippen molar-refractivity contribution in [3.63, 3.8) is 0 Å². The van der Waals surface area contributed by atoms with E-state index in [0.29, 0.717) is 18.8 Å². The molecule has 1 saturated carbocycles. The van der Waals surface area contributed by atoms with Crippen LogP contribution in [-0.4, -0.2) is 56.4 Å². The number of carbonyl (C=O) groups is 1. The Morgan fingerprint density at radius 1 is 1.33 bits per heavy atom. The largest absolute Gasteiger partial charge is 0.495 e. The second-order valence-corrected chi connectivity index (χ2v) is 8.03. The van der Waals surface area contributed by atoms with E-state index in [0.717, 1.165) is 19.3 Å². The first-order valence-corrected chi connectivity index (χ1v) is 9.59. The van der Waals surface area contributed by atoms with Crippen molar-refractivity contribution in [3.05, 3.63) is 18.5 Å². The summed E-state index contributed by atoms with van der Waals surface area (Å²) in [7, 11) is -2.29. The van der Waals surface area contributed by atoms with Crippen molar-refractivity contribution in [2.75, 3.05) is 26.9 Å². The summed E-state index contributed by atoms with van der Waals surface area (Å²) in [4.78, 5) is 16.3. The van der Waals surface area contributed by atoms with Gasteiger partial charge in [-0.05, 0) is 12.8 Å². The number of aromatic nitrogens is 1. The van der Waals surface area contributed by atoms with Crippen LogP contribution in [0.3, 0.4) is 0 Å². The van der Waals surface area contributed by atoms with Crippen LogP contribution in [0.4, 0.5) is 0 Å². The molecule has 0 amide bonds. The quantitative estimate of drug-likeness (QED) is 0.809. The fourth-order valence-electron chi connectivity index (χ4n) is 3.43. The van der Waals surface area contributed by atoms with Gasteiger partial charge >= 0.3 is 0 Å². The molecule has 1 aliphatic carbocycles. The van der Waals surface area contributed by atoms with E-state index in [2.05, 4.69) is 4.98 Å². The van der Waals surface area contributed by atoms with Gasteiger partial charge in [0.05, 0.1) is 32.6 Å². The predicted octanol–water partition coefficient (Wildman–Crippen LogP) is 1.24. The molecule has 2 aliphatic rings. The molecule has 1 aliphatic heterocycles. The van der Waals surface area contributed by atoms with E-state index in [1.165, 1.54) is 29.9 Å². The number of nitrogens with zero attached hydrogens (tertiary/aromatic N) is 2. The van der Waals surface area contributed by atoms with E-state index in [1.54, 1.807) is 0 Å². The van der Waals surface area contributed by atoms with Crippen molar-refractivity contribution in [3.8, 4) is 5.75 Å². The highest BCUT2D eigenvalue weighted by atomic mass is 32.2. The molecular weight excluding hydrogens is 332 g/mol. The van der Waals surface area contributed by atoms with Crippen molar-refractivity contribution in [2.24, 2.45) is 5.92 Å². The number of rotatable bonds is 4. The zero-order chi connectivity index (χ0) is 17.2. The first-order valence-electron chi connectivity index (χ1n) is 8.15. The van der Waals surface area contributed by atoms with E-state index in [9.17, 15) is 13.2 Å². The van der Waals surface area contributed by atoms with Gasteiger partial charge in [0.1, 0.15) is 16.4 Å². The highest BCUT2D eigenvalue weighted by molar-refractivity contribution is 7.89. The molecule has 1 aromatic rings.